The van der Waals surface area contributed by atoms with Crippen molar-refractivity contribution in [2.45, 2.75) is 25.7 Å². The number of carbonyl (C=O) groups is 1. The number of allylic oxidation sites excluding steroid dienone is 8. The average Bonchev–Trinajstić information content (AvgIpc) is 2.84. The van der Waals surface area contributed by atoms with Crippen LogP contribution >= 0.6 is 0 Å². The van der Waals surface area contributed by atoms with Crippen LogP contribution in [0.25, 0.3) is 0 Å². The zero-order valence-electron chi connectivity index (χ0n) is 19.5. The Morgan fingerprint density at radius 1 is 1.26 bits per heavy atom. The Labute approximate surface area is 198 Å². The summed E-state index contributed by atoms with van der Waals surface area (Å²) in [6, 6.07) is 0.735. The smallest absolute Gasteiger partial charge is 0.257 e. The van der Waals surface area contributed by atoms with Gasteiger partial charge in [-0.3, -0.25) is 4.79 Å². The van der Waals surface area contributed by atoms with Gasteiger partial charge in [-0.05, 0) is 37.1 Å². The number of ether oxygens (including phenoxy) is 1. The molecule has 1 amide bonds. The van der Waals surface area contributed by atoms with Crippen molar-refractivity contribution >= 4 is 11.9 Å². The fourth-order valence-electron chi connectivity index (χ4n) is 2.61. The maximum Gasteiger partial charge on any atom is 0.257 e. The number of anilines is 1. The van der Waals surface area contributed by atoms with Crippen molar-refractivity contribution in [2.24, 2.45) is 0 Å². The van der Waals surface area contributed by atoms with Gasteiger partial charge < -0.3 is 20.1 Å². The summed E-state index contributed by atoms with van der Waals surface area (Å²) < 4.78 is 32.2. The fourth-order valence-corrected chi connectivity index (χ4v) is 2.61. The lowest BCUT2D eigenvalue weighted by Gasteiger charge is -2.22. The highest BCUT2D eigenvalue weighted by Gasteiger charge is 2.25. The first-order valence-corrected chi connectivity index (χ1v) is 10.2. The number of aromatic nitrogens is 2. The summed E-state index contributed by atoms with van der Waals surface area (Å²) >= 11 is 0. The van der Waals surface area contributed by atoms with Crippen LogP contribution in [0.3, 0.4) is 0 Å². The van der Waals surface area contributed by atoms with E-state index in [1.165, 1.54) is 7.11 Å². The lowest BCUT2D eigenvalue weighted by molar-refractivity contribution is -0.126. The third-order valence-corrected chi connectivity index (χ3v) is 4.65. The van der Waals surface area contributed by atoms with Gasteiger partial charge in [0, 0.05) is 32.2 Å². The number of nitrogens with one attached hydrogen (secondary N) is 1. The number of rotatable bonds is 13. The van der Waals surface area contributed by atoms with E-state index >= 15 is 0 Å². The van der Waals surface area contributed by atoms with E-state index in [9.17, 15) is 18.7 Å². The van der Waals surface area contributed by atoms with Crippen LogP contribution in [0.2, 0.25) is 0 Å². The predicted molar refractivity (Wildman–Crippen MR) is 130 cm³/mol. The number of halogens is 2. The van der Waals surface area contributed by atoms with Crippen LogP contribution < -0.4 is 10.2 Å². The highest BCUT2D eigenvalue weighted by molar-refractivity contribution is 5.98. The molecule has 0 bridgehead atoms. The van der Waals surface area contributed by atoms with Gasteiger partial charge >= 0.3 is 0 Å². The molecule has 9 heteroatoms. The van der Waals surface area contributed by atoms with Gasteiger partial charge in [-0.1, -0.05) is 44.0 Å². The van der Waals surface area contributed by atoms with E-state index in [0.717, 1.165) is 11.3 Å². The van der Waals surface area contributed by atoms with E-state index in [1.54, 1.807) is 36.7 Å². The molecule has 1 aromatic rings. The first-order valence-electron chi connectivity index (χ1n) is 10.2. The highest BCUT2D eigenvalue weighted by atomic mass is 19.1. The van der Waals surface area contributed by atoms with Crippen LogP contribution in [0.5, 0.6) is 0 Å². The number of amides is 1. The van der Waals surface area contributed by atoms with E-state index < -0.39 is 35.5 Å². The summed E-state index contributed by atoms with van der Waals surface area (Å²) in [4.78, 5) is 22.5. The molecule has 1 heterocycles. The van der Waals surface area contributed by atoms with E-state index in [1.807, 2.05) is 31.0 Å². The Kier molecular flexibility index (Phi) is 12.1. The van der Waals surface area contributed by atoms with Crippen molar-refractivity contribution in [1.82, 2.24) is 15.3 Å². The maximum absolute atomic E-state index is 13.8. The minimum atomic E-state index is -1.42. The molecule has 1 rings (SSSR count). The normalized spacial score (nSPS) is 14.8. The molecule has 0 aliphatic carbocycles. The molecule has 0 saturated heterocycles. The third kappa shape index (κ3) is 8.68. The molecule has 0 aliphatic heterocycles. The van der Waals surface area contributed by atoms with E-state index in [-0.39, 0.29) is 6.42 Å². The molecule has 2 N–H and O–H groups in total. The Morgan fingerprint density at radius 2 is 1.91 bits per heavy atom. The van der Waals surface area contributed by atoms with Gasteiger partial charge in [0.1, 0.15) is 17.2 Å². The van der Waals surface area contributed by atoms with Crippen LogP contribution in [0.15, 0.2) is 103 Å². The molecule has 2 unspecified atom stereocenters. The SMILES string of the molecule is C=CC(/C=C/CC(NC(=O)/C(C(=C)F)=C(\F)C=C)C(O)OC)=C\C=C(/C)N(C)c1ncccn1. The maximum atomic E-state index is 13.8. The monoisotopic (exact) mass is 472 g/mol. The minimum absolute atomic E-state index is 0.0914. The number of hydrogen-bond acceptors (Lipinski definition) is 6. The quantitative estimate of drug-likeness (QED) is 0.254. The van der Waals surface area contributed by atoms with Gasteiger partial charge in [0.05, 0.1) is 6.04 Å². The third-order valence-electron chi connectivity index (χ3n) is 4.65. The van der Waals surface area contributed by atoms with Crippen molar-refractivity contribution in [3.63, 3.8) is 0 Å². The number of methoxy groups -OCH3 is 1. The summed E-state index contributed by atoms with van der Waals surface area (Å²) in [5.74, 6) is -2.98. The second kappa shape index (κ2) is 14.5. The highest BCUT2D eigenvalue weighted by Crippen LogP contribution is 2.18. The largest absolute Gasteiger partial charge is 0.366 e. The molecule has 0 saturated carbocycles. The van der Waals surface area contributed by atoms with Gasteiger partial charge in [-0.2, -0.15) is 0 Å². The zero-order valence-corrected chi connectivity index (χ0v) is 19.5. The van der Waals surface area contributed by atoms with E-state index in [0.29, 0.717) is 12.0 Å². The summed E-state index contributed by atoms with van der Waals surface area (Å²) in [5, 5.41) is 12.4. The molecule has 34 heavy (non-hydrogen) atoms. The molecule has 0 aromatic carbocycles. The van der Waals surface area contributed by atoms with Crippen LogP contribution in [0.1, 0.15) is 13.3 Å². The Bertz CT molecular complexity index is 1000. The number of carbonyl (C=O) groups excluding carboxylic acids is 1. The molecule has 0 fully saturated rings. The van der Waals surface area contributed by atoms with Crippen LogP contribution in [-0.4, -0.2) is 47.5 Å². The summed E-state index contributed by atoms with van der Waals surface area (Å²) in [5.41, 5.74) is 0.703. The average molecular weight is 473 g/mol. The van der Waals surface area contributed by atoms with Crippen molar-refractivity contribution in [3.8, 4) is 0 Å². The van der Waals surface area contributed by atoms with Gasteiger partial charge in [-0.15, -0.1) is 0 Å². The molecular weight excluding hydrogens is 442 g/mol. The van der Waals surface area contributed by atoms with Crippen LogP contribution in [-0.2, 0) is 9.53 Å². The van der Waals surface area contributed by atoms with Gasteiger partial charge in [0.2, 0.25) is 5.95 Å². The zero-order chi connectivity index (χ0) is 25.7. The Hall–Kier alpha value is -3.69. The van der Waals surface area contributed by atoms with Crippen molar-refractivity contribution < 1.29 is 23.4 Å². The van der Waals surface area contributed by atoms with Crippen LogP contribution in [0.4, 0.5) is 14.7 Å². The number of aliphatic hydroxyl groups excluding tert-OH is 1. The predicted octanol–water partition coefficient (Wildman–Crippen LogP) is 4.22. The second-order valence-corrected chi connectivity index (χ2v) is 6.96. The standard InChI is InChI=1S/C25H30F2N4O3/c1-7-19(14-13-17(3)31(5)25-28-15-10-16-29-25)11-9-12-21(24(33)34-6)30-23(32)22(18(4)26)20(27)8-2/h7-11,13-16,21,24,33H,1-2,4,12H2,3,5-6H3,(H,30,32)/b11-9+,17-13+,19-14+,22-20-. The lowest BCUT2D eigenvalue weighted by atomic mass is 10.1. The van der Waals surface area contributed by atoms with E-state index in [4.69, 9.17) is 4.74 Å². The Balaban J connectivity index is 2.98. The molecule has 0 aliphatic rings. The molecule has 1 aromatic heterocycles. The van der Waals surface area contributed by atoms with Gasteiger partial charge in [-0.25, -0.2) is 18.7 Å². The number of aliphatic hydroxyl groups is 1. The molecule has 0 spiro atoms. The summed E-state index contributed by atoms with van der Waals surface area (Å²) in [7, 11) is 3.07. The second-order valence-electron chi connectivity index (χ2n) is 6.96. The summed E-state index contributed by atoms with van der Waals surface area (Å²) in [6.45, 7) is 11.8. The molecule has 0 radical (unpaired) electrons. The lowest BCUT2D eigenvalue weighted by Crippen LogP contribution is -2.44. The van der Waals surface area contributed by atoms with Gasteiger partial charge in [0.25, 0.3) is 5.91 Å². The number of nitrogens with zero attached hydrogens (tertiary/aromatic N) is 3. The Morgan fingerprint density at radius 3 is 2.44 bits per heavy atom. The van der Waals surface area contributed by atoms with Gasteiger partial charge in [0.15, 0.2) is 6.29 Å². The summed E-state index contributed by atoms with van der Waals surface area (Å²) in [6.07, 6.45) is 11.3. The first-order chi connectivity index (χ1) is 16.2. The number of hydrogen-bond donors (Lipinski definition) is 2. The van der Waals surface area contributed by atoms with Crippen molar-refractivity contribution in [2.75, 3.05) is 19.1 Å². The van der Waals surface area contributed by atoms with Crippen LogP contribution in [0, 0.1) is 0 Å². The molecule has 7 nitrogen and oxygen atoms in total. The topological polar surface area (TPSA) is 87.6 Å². The van der Waals surface area contributed by atoms with Crippen molar-refractivity contribution in [3.05, 3.63) is 103 Å². The molecule has 2 atom stereocenters. The van der Waals surface area contributed by atoms with E-state index in [2.05, 4.69) is 35.0 Å². The van der Waals surface area contributed by atoms with Crippen molar-refractivity contribution in [1.29, 1.82) is 0 Å². The molecule has 182 valence electrons. The fraction of sp³-hybridized carbons (Fsp3) is 0.240. The minimum Gasteiger partial charge on any atom is -0.366 e. The first kappa shape index (κ1) is 28.3. The molecular formula is C25H30F2N4O3.